The molecule has 1 atom stereocenters. The number of nitrogens with zero attached hydrogens (tertiary/aromatic N) is 4. The third kappa shape index (κ3) is 6.44. The molecule has 28 heavy (non-hydrogen) atoms. The predicted molar refractivity (Wildman–Crippen MR) is 113 cm³/mol. The number of carbonyl (C=O) groups is 1. The summed E-state index contributed by atoms with van der Waals surface area (Å²) in [5.74, 6) is 0.555. The van der Waals surface area contributed by atoms with Crippen LogP contribution in [0.25, 0.3) is 0 Å². The van der Waals surface area contributed by atoms with Crippen LogP contribution in [0.15, 0.2) is 24.3 Å². The highest BCUT2D eigenvalue weighted by Crippen LogP contribution is 2.14. The van der Waals surface area contributed by atoms with Crippen LogP contribution in [0.3, 0.4) is 0 Å². The molecule has 0 unspecified atom stereocenters. The molecule has 7 nitrogen and oxygen atoms in total. The summed E-state index contributed by atoms with van der Waals surface area (Å²) < 4.78 is 11.2. The molecule has 1 aromatic carbocycles. The number of carbonyl (C=O) groups excluding carboxylic acids is 1. The number of nitrogens with one attached hydrogen (secondary N) is 1. The maximum Gasteiger partial charge on any atom is 0.282 e. The van der Waals surface area contributed by atoms with Gasteiger partial charge >= 0.3 is 0 Å². The van der Waals surface area contributed by atoms with E-state index in [9.17, 15) is 9.00 Å². The molecule has 1 saturated heterocycles. The second kappa shape index (κ2) is 10.2. The summed E-state index contributed by atoms with van der Waals surface area (Å²) in [6.07, 6.45) is 1.75. The molecule has 0 saturated carbocycles. The zero-order chi connectivity index (χ0) is 19.9. The molecule has 1 aliphatic rings. The van der Waals surface area contributed by atoms with Crippen LogP contribution in [0, 0.1) is 6.92 Å². The van der Waals surface area contributed by atoms with Crippen molar-refractivity contribution >= 4 is 28.0 Å². The lowest BCUT2D eigenvalue weighted by Gasteiger charge is -2.33. The highest BCUT2D eigenvalue weighted by molar-refractivity contribution is 7.84. The quantitative estimate of drug-likeness (QED) is 0.692. The Labute approximate surface area is 172 Å². The van der Waals surface area contributed by atoms with Crippen molar-refractivity contribution < 1.29 is 9.00 Å². The lowest BCUT2D eigenvalue weighted by atomic mass is 10.1. The van der Waals surface area contributed by atoms with Crippen molar-refractivity contribution in [1.29, 1.82) is 0 Å². The second-order valence-corrected chi connectivity index (χ2v) is 9.68. The zero-order valence-corrected chi connectivity index (χ0v) is 18.0. The van der Waals surface area contributed by atoms with E-state index in [1.807, 2.05) is 31.2 Å². The van der Waals surface area contributed by atoms with E-state index >= 15 is 0 Å². The molecule has 152 valence electrons. The Hall–Kier alpha value is -1.68. The van der Waals surface area contributed by atoms with Gasteiger partial charge in [-0.05, 0) is 12.5 Å². The number of rotatable bonds is 8. The number of hydrogen-bond donors (Lipinski definition) is 1. The first kappa shape index (κ1) is 21.0. The Morgan fingerprint density at radius 1 is 1.14 bits per heavy atom. The number of piperazine rings is 1. The molecule has 0 aliphatic carbocycles. The van der Waals surface area contributed by atoms with E-state index in [1.165, 1.54) is 16.9 Å². The molecule has 0 bridgehead atoms. The predicted octanol–water partition coefficient (Wildman–Crippen LogP) is 1.27. The average molecular weight is 422 g/mol. The minimum Gasteiger partial charge on any atom is -0.346 e. The van der Waals surface area contributed by atoms with Gasteiger partial charge in [0.05, 0.1) is 6.54 Å². The summed E-state index contributed by atoms with van der Waals surface area (Å²) in [4.78, 5) is 17.0. The third-order valence-electron chi connectivity index (χ3n) is 4.75. The first-order valence-corrected chi connectivity index (χ1v) is 11.9. The normalized spacial score (nSPS) is 16.8. The SMILES string of the molecule is Cc1ccc(CNC(=O)c2nnc(CN3CCN(CC[S@@](C)=O)CC3)s2)cc1. The maximum atomic E-state index is 12.3. The Bertz CT molecular complexity index is 801. The van der Waals surface area contributed by atoms with Crippen LogP contribution < -0.4 is 5.32 Å². The topological polar surface area (TPSA) is 78.4 Å². The number of benzene rings is 1. The maximum absolute atomic E-state index is 12.3. The van der Waals surface area contributed by atoms with Gasteiger partial charge < -0.3 is 5.32 Å². The van der Waals surface area contributed by atoms with Crippen molar-refractivity contribution in [3.8, 4) is 0 Å². The Kier molecular flexibility index (Phi) is 7.66. The van der Waals surface area contributed by atoms with Gasteiger partial charge in [-0.3, -0.25) is 18.8 Å². The minimum absolute atomic E-state index is 0.179. The summed E-state index contributed by atoms with van der Waals surface area (Å²) in [6, 6.07) is 8.09. The third-order valence-corrected chi connectivity index (χ3v) is 6.42. The molecule has 3 rings (SSSR count). The fourth-order valence-electron chi connectivity index (χ4n) is 2.99. The highest BCUT2D eigenvalue weighted by atomic mass is 32.2. The molecule has 1 N–H and O–H groups in total. The van der Waals surface area contributed by atoms with Crippen molar-refractivity contribution in [3.63, 3.8) is 0 Å². The summed E-state index contributed by atoms with van der Waals surface area (Å²) in [6.45, 7) is 7.98. The first-order valence-electron chi connectivity index (χ1n) is 9.40. The molecule has 0 radical (unpaired) electrons. The summed E-state index contributed by atoms with van der Waals surface area (Å²) >= 11 is 1.36. The number of aryl methyl sites for hydroxylation is 1. The van der Waals surface area contributed by atoms with Gasteiger partial charge in [0.2, 0.25) is 5.01 Å². The van der Waals surface area contributed by atoms with Crippen molar-refractivity contribution in [2.24, 2.45) is 0 Å². The number of aromatic nitrogens is 2. The Morgan fingerprint density at radius 3 is 2.50 bits per heavy atom. The van der Waals surface area contributed by atoms with E-state index in [2.05, 4.69) is 25.3 Å². The molecule has 9 heteroatoms. The van der Waals surface area contributed by atoms with Crippen molar-refractivity contribution in [2.45, 2.75) is 20.0 Å². The van der Waals surface area contributed by atoms with E-state index in [0.717, 1.165) is 55.6 Å². The van der Waals surface area contributed by atoms with Gasteiger partial charge in [-0.2, -0.15) is 0 Å². The zero-order valence-electron chi connectivity index (χ0n) is 16.4. The molecular formula is C19H27N5O2S2. The summed E-state index contributed by atoms with van der Waals surface area (Å²) in [7, 11) is -0.734. The van der Waals surface area contributed by atoms with Gasteiger partial charge in [0.15, 0.2) is 0 Å². The first-order chi connectivity index (χ1) is 13.5. The molecule has 2 heterocycles. The average Bonchev–Trinajstić information content (AvgIpc) is 3.15. The van der Waals surface area contributed by atoms with Gasteiger partial charge in [0, 0.05) is 62.1 Å². The molecule has 1 aromatic heterocycles. The Morgan fingerprint density at radius 2 is 1.82 bits per heavy atom. The van der Waals surface area contributed by atoms with Crippen LogP contribution in [0.5, 0.6) is 0 Å². The highest BCUT2D eigenvalue weighted by Gasteiger charge is 2.19. The monoisotopic (exact) mass is 421 g/mol. The molecule has 2 aromatic rings. The molecule has 1 aliphatic heterocycles. The second-order valence-electron chi connectivity index (χ2n) is 7.06. The molecular weight excluding hydrogens is 394 g/mol. The van der Waals surface area contributed by atoms with Gasteiger partial charge in [-0.25, -0.2) is 0 Å². The summed E-state index contributed by atoms with van der Waals surface area (Å²) in [5, 5.41) is 12.4. The van der Waals surface area contributed by atoms with Gasteiger partial charge in [0.25, 0.3) is 5.91 Å². The minimum atomic E-state index is -0.734. The largest absolute Gasteiger partial charge is 0.346 e. The van der Waals surface area contributed by atoms with Crippen LogP contribution in [0.1, 0.15) is 25.9 Å². The van der Waals surface area contributed by atoms with Crippen LogP contribution >= 0.6 is 11.3 Å². The van der Waals surface area contributed by atoms with Crippen LogP contribution in [-0.4, -0.2) is 74.8 Å². The van der Waals surface area contributed by atoms with Crippen LogP contribution in [0.4, 0.5) is 0 Å². The number of amides is 1. The molecule has 1 fully saturated rings. The van der Waals surface area contributed by atoms with E-state index in [0.29, 0.717) is 11.6 Å². The fourth-order valence-corrected chi connectivity index (χ4v) is 4.31. The Balaban J connectivity index is 1.43. The van der Waals surface area contributed by atoms with Crippen molar-refractivity contribution in [3.05, 3.63) is 45.4 Å². The van der Waals surface area contributed by atoms with Gasteiger partial charge in [0.1, 0.15) is 5.01 Å². The standard InChI is InChI=1S/C19H27N5O2S2/c1-15-3-5-16(6-4-15)13-20-18(25)19-22-21-17(27-19)14-24-9-7-23(8-10-24)11-12-28(2)26/h3-6H,7-14H2,1-2H3,(H,20,25)/t28-/m1/s1. The van der Waals surface area contributed by atoms with E-state index in [-0.39, 0.29) is 5.91 Å². The van der Waals surface area contributed by atoms with Crippen molar-refractivity contribution in [1.82, 2.24) is 25.3 Å². The molecule has 0 spiro atoms. The lowest BCUT2D eigenvalue weighted by molar-refractivity contribution is 0.0950. The van der Waals surface area contributed by atoms with Gasteiger partial charge in [-0.15, -0.1) is 10.2 Å². The van der Waals surface area contributed by atoms with E-state index < -0.39 is 10.8 Å². The fraction of sp³-hybridized carbons (Fsp3) is 0.526. The molecule has 1 amide bonds. The van der Waals surface area contributed by atoms with Gasteiger partial charge in [-0.1, -0.05) is 41.2 Å². The summed E-state index contributed by atoms with van der Waals surface area (Å²) in [5.41, 5.74) is 2.26. The van der Waals surface area contributed by atoms with Crippen LogP contribution in [-0.2, 0) is 23.9 Å². The van der Waals surface area contributed by atoms with Crippen LogP contribution in [0.2, 0.25) is 0 Å². The smallest absolute Gasteiger partial charge is 0.282 e. The number of hydrogen-bond acceptors (Lipinski definition) is 7. The van der Waals surface area contributed by atoms with Crippen molar-refractivity contribution in [2.75, 3.05) is 44.7 Å². The lowest BCUT2D eigenvalue weighted by Crippen LogP contribution is -2.46. The van der Waals surface area contributed by atoms with E-state index in [4.69, 9.17) is 0 Å². The van der Waals surface area contributed by atoms with E-state index in [1.54, 1.807) is 6.26 Å².